The number of aliphatic hydroxyl groups is 1. The number of hydrogen-bond donors (Lipinski definition) is 2. The molecule has 5 aliphatic carbocycles. The molecule has 5 nitrogen and oxygen atoms in total. The number of carboxylic acids is 1. The van der Waals surface area contributed by atoms with Crippen molar-refractivity contribution in [3.63, 3.8) is 0 Å². The lowest BCUT2D eigenvalue weighted by molar-refractivity contribution is -0.222. The number of esters is 1. The summed E-state index contributed by atoms with van der Waals surface area (Å²) in [6, 6.07) is 0. The fraction of sp³-hybridized carbons (Fsp3) is 0.886. The lowest BCUT2D eigenvalue weighted by Gasteiger charge is -2.71. The van der Waals surface area contributed by atoms with Gasteiger partial charge in [0.1, 0.15) is 6.10 Å². The van der Waals surface area contributed by atoms with Crippen molar-refractivity contribution >= 4 is 11.9 Å². The molecule has 5 rings (SSSR count). The van der Waals surface area contributed by atoms with Crippen LogP contribution in [0.1, 0.15) is 127 Å². The van der Waals surface area contributed by atoms with Crippen molar-refractivity contribution in [2.24, 2.45) is 56.7 Å². The van der Waals surface area contributed by atoms with Crippen molar-refractivity contribution in [1.29, 1.82) is 0 Å². The monoisotopic (exact) mass is 556 g/mol. The Hall–Kier alpha value is -1.36. The summed E-state index contributed by atoms with van der Waals surface area (Å²) in [6.07, 6.45) is 10.9. The quantitative estimate of drug-likeness (QED) is 0.273. The van der Waals surface area contributed by atoms with E-state index < -0.39 is 17.0 Å². The van der Waals surface area contributed by atoms with Crippen LogP contribution in [0.3, 0.4) is 0 Å². The molecule has 0 radical (unpaired) electrons. The van der Waals surface area contributed by atoms with E-state index in [4.69, 9.17) is 4.74 Å². The van der Waals surface area contributed by atoms with Crippen molar-refractivity contribution in [2.75, 3.05) is 0 Å². The van der Waals surface area contributed by atoms with E-state index in [0.29, 0.717) is 37.0 Å². The molecule has 5 aliphatic rings. The second-order valence-electron chi connectivity index (χ2n) is 16.8. The maximum atomic E-state index is 12.9. The fourth-order valence-corrected chi connectivity index (χ4v) is 11.6. The predicted octanol–water partition coefficient (Wildman–Crippen LogP) is 7.80. The second-order valence-corrected chi connectivity index (χ2v) is 16.8. The number of hydrogen-bond acceptors (Lipinski definition) is 4. The number of carbonyl (C=O) groups is 2. The minimum Gasteiger partial charge on any atom is -0.481 e. The van der Waals surface area contributed by atoms with Crippen LogP contribution in [-0.4, -0.2) is 33.9 Å². The van der Waals surface area contributed by atoms with Gasteiger partial charge in [0.05, 0.1) is 11.0 Å². The Balaban J connectivity index is 1.52. The summed E-state index contributed by atoms with van der Waals surface area (Å²) in [5, 5.41) is 22.6. The first kappa shape index (κ1) is 30.1. The summed E-state index contributed by atoms with van der Waals surface area (Å²) in [4.78, 5) is 25.6. The molecule has 0 bridgehead atoms. The molecular weight excluding hydrogens is 500 g/mol. The molecule has 2 N–H and O–H groups in total. The highest BCUT2D eigenvalue weighted by Gasteiger charge is 2.71. The number of aliphatic carboxylic acids is 1. The first-order chi connectivity index (χ1) is 18.4. The average molecular weight is 557 g/mol. The van der Waals surface area contributed by atoms with E-state index in [0.717, 1.165) is 44.9 Å². The first-order valence-electron chi connectivity index (χ1n) is 16.2. The minimum atomic E-state index is -1.03. The van der Waals surface area contributed by atoms with Gasteiger partial charge in [0, 0.05) is 17.8 Å². The minimum absolute atomic E-state index is 0.0288. The highest BCUT2D eigenvalue weighted by molar-refractivity contribution is 5.77. The van der Waals surface area contributed by atoms with Gasteiger partial charge in [-0.15, -0.1) is 0 Å². The van der Waals surface area contributed by atoms with Crippen LogP contribution >= 0.6 is 0 Å². The van der Waals surface area contributed by atoms with E-state index in [1.54, 1.807) is 0 Å². The number of fused-ring (bicyclic) bond motifs is 7. The van der Waals surface area contributed by atoms with Crippen LogP contribution in [-0.2, 0) is 14.3 Å². The Kier molecular flexibility index (Phi) is 7.01. The van der Waals surface area contributed by atoms with Crippen LogP contribution in [0.2, 0.25) is 0 Å². The SMILES string of the molecule is CC(C)CC(=O)O[C@H]1CC[C@@]2(C)C(CC[C@]3(C)[C@@H]2CC=C2[C@@H]4[C@](C(=O)O)(CC[C@@H](C)[C@@]4(C)O)CC[C@]23C)C1(C)C. The van der Waals surface area contributed by atoms with E-state index >= 15 is 0 Å². The molecule has 5 heteroatoms. The van der Waals surface area contributed by atoms with Crippen LogP contribution < -0.4 is 0 Å². The molecule has 226 valence electrons. The molecule has 0 aromatic heterocycles. The Morgan fingerprint density at radius 3 is 2.25 bits per heavy atom. The van der Waals surface area contributed by atoms with Gasteiger partial charge in [-0.05, 0) is 105 Å². The Morgan fingerprint density at radius 2 is 1.62 bits per heavy atom. The highest BCUT2D eigenvalue weighted by Crippen LogP contribution is 2.76. The van der Waals surface area contributed by atoms with Gasteiger partial charge in [-0.25, -0.2) is 0 Å². The Labute approximate surface area is 242 Å². The van der Waals surface area contributed by atoms with E-state index in [-0.39, 0.29) is 45.6 Å². The van der Waals surface area contributed by atoms with Crippen LogP contribution in [0.4, 0.5) is 0 Å². The fourth-order valence-electron chi connectivity index (χ4n) is 11.6. The predicted molar refractivity (Wildman–Crippen MR) is 157 cm³/mol. The molecule has 40 heavy (non-hydrogen) atoms. The third kappa shape index (κ3) is 3.87. The molecule has 1 unspecified atom stereocenters. The summed E-state index contributed by atoms with van der Waals surface area (Å²) in [6.45, 7) is 20.3. The average Bonchev–Trinajstić information content (AvgIpc) is 2.83. The largest absolute Gasteiger partial charge is 0.481 e. The van der Waals surface area contributed by atoms with Gasteiger partial charge >= 0.3 is 11.9 Å². The molecule has 4 fully saturated rings. The van der Waals surface area contributed by atoms with Gasteiger partial charge in [0.25, 0.3) is 0 Å². The normalized spacial score (nSPS) is 49.6. The van der Waals surface area contributed by atoms with Crippen LogP contribution in [0, 0.1) is 56.7 Å². The molecule has 0 heterocycles. The van der Waals surface area contributed by atoms with Gasteiger partial charge in [0.2, 0.25) is 0 Å². The number of ether oxygens (including phenoxy) is 1. The molecular formula is C35H56O5. The smallest absolute Gasteiger partial charge is 0.310 e. The van der Waals surface area contributed by atoms with Gasteiger partial charge < -0.3 is 14.9 Å². The van der Waals surface area contributed by atoms with Crippen molar-refractivity contribution in [1.82, 2.24) is 0 Å². The topological polar surface area (TPSA) is 83.8 Å². The lowest BCUT2D eigenvalue weighted by atomic mass is 9.33. The van der Waals surface area contributed by atoms with Crippen molar-refractivity contribution in [2.45, 2.75) is 138 Å². The highest BCUT2D eigenvalue weighted by atomic mass is 16.5. The lowest BCUT2D eigenvalue weighted by Crippen LogP contribution is -2.67. The molecule has 0 spiro atoms. The van der Waals surface area contributed by atoms with Crippen molar-refractivity contribution < 1.29 is 24.5 Å². The van der Waals surface area contributed by atoms with Gasteiger partial charge in [-0.3, -0.25) is 9.59 Å². The number of allylic oxidation sites excluding steroid dienone is 1. The summed E-state index contributed by atoms with van der Waals surface area (Å²) in [5.41, 5.74) is -0.750. The number of carboxylic acid groups (broad SMARTS) is 1. The van der Waals surface area contributed by atoms with Crippen molar-refractivity contribution in [3.05, 3.63) is 11.6 Å². The molecule has 0 aromatic carbocycles. The maximum absolute atomic E-state index is 12.9. The second kappa shape index (κ2) is 9.32. The van der Waals surface area contributed by atoms with Gasteiger partial charge in [-0.2, -0.15) is 0 Å². The molecule has 0 saturated heterocycles. The molecule has 4 saturated carbocycles. The Morgan fingerprint density at radius 1 is 0.950 bits per heavy atom. The maximum Gasteiger partial charge on any atom is 0.310 e. The summed E-state index contributed by atoms with van der Waals surface area (Å²) in [7, 11) is 0. The summed E-state index contributed by atoms with van der Waals surface area (Å²) >= 11 is 0. The zero-order valence-corrected chi connectivity index (χ0v) is 26.7. The van der Waals surface area contributed by atoms with E-state index in [1.807, 2.05) is 6.92 Å². The number of carbonyl (C=O) groups excluding carboxylic acids is 1. The van der Waals surface area contributed by atoms with Crippen LogP contribution in [0.5, 0.6) is 0 Å². The molecule has 0 aromatic rings. The van der Waals surface area contributed by atoms with Crippen molar-refractivity contribution in [3.8, 4) is 0 Å². The summed E-state index contributed by atoms with van der Waals surface area (Å²) < 4.78 is 6.17. The summed E-state index contributed by atoms with van der Waals surface area (Å²) in [5.74, 6) is 0.184. The van der Waals surface area contributed by atoms with E-state index in [1.165, 1.54) is 5.57 Å². The van der Waals surface area contributed by atoms with E-state index in [9.17, 15) is 19.8 Å². The molecule has 0 amide bonds. The molecule has 10 atom stereocenters. The molecule has 0 aliphatic heterocycles. The van der Waals surface area contributed by atoms with Crippen LogP contribution in [0.25, 0.3) is 0 Å². The van der Waals surface area contributed by atoms with E-state index in [2.05, 4.69) is 61.5 Å². The third-order valence-electron chi connectivity index (χ3n) is 14.3. The third-order valence-corrected chi connectivity index (χ3v) is 14.3. The zero-order chi connectivity index (χ0) is 29.7. The van der Waals surface area contributed by atoms with Gasteiger partial charge in [0.15, 0.2) is 0 Å². The standard InChI is InChI=1S/C35H56O5/c1-21(2)20-27(36)40-26-14-15-31(6)24(30(26,4)5)13-16-33(8)25(31)11-10-23-28-34(9,39)22(3)12-17-35(28,29(37)38)19-18-32(23,33)7/h10,21-22,24-26,28,39H,11-20H2,1-9H3,(H,37,38)/t22-,24?,25-,26+,28+,31+,32-,33-,34-,35+/m1/s1. The number of rotatable bonds is 4. The first-order valence-corrected chi connectivity index (χ1v) is 16.2. The van der Waals surface area contributed by atoms with Crippen LogP contribution in [0.15, 0.2) is 11.6 Å². The zero-order valence-electron chi connectivity index (χ0n) is 26.7. The van der Waals surface area contributed by atoms with Gasteiger partial charge in [-0.1, -0.05) is 67.0 Å². The Bertz CT molecular complexity index is 1090.